The number of nitrogens with zero attached hydrogens (tertiary/aromatic N) is 1. The van der Waals surface area contributed by atoms with Gasteiger partial charge >= 0.3 is 0 Å². The first-order chi connectivity index (χ1) is 15.4. The maximum Gasteiger partial charge on any atom is 0.178 e. The van der Waals surface area contributed by atoms with Gasteiger partial charge in [-0.15, -0.1) is 0 Å². The van der Waals surface area contributed by atoms with Crippen LogP contribution in [0.5, 0.6) is 0 Å². The summed E-state index contributed by atoms with van der Waals surface area (Å²) < 4.78 is 0. The van der Waals surface area contributed by atoms with Crippen molar-refractivity contribution in [1.82, 2.24) is 0 Å². The summed E-state index contributed by atoms with van der Waals surface area (Å²) >= 11 is 0. The molecule has 0 fully saturated rings. The average Bonchev–Trinajstić information content (AvgIpc) is 3.15. The van der Waals surface area contributed by atoms with Gasteiger partial charge in [0.2, 0.25) is 0 Å². The van der Waals surface area contributed by atoms with Crippen molar-refractivity contribution in [2.75, 3.05) is 4.90 Å². The predicted molar refractivity (Wildman–Crippen MR) is 125 cm³/mol. The lowest BCUT2D eigenvalue weighted by Crippen LogP contribution is -2.24. The van der Waals surface area contributed by atoms with Gasteiger partial charge in [-0.3, -0.25) is 0 Å². The largest absolute Gasteiger partial charge is 0.355 e. The Kier molecular flexibility index (Phi) is 5.26. The molecule has 0 bridgehead atoms. The van der Waals surface area contributed by atoms with Gasteiger partial charge in [-0.05, 0) is 17.2 Å². The second kappa shape index (κ2) is 8.50. The molecule has 1 aliphatic rings. The molecule has 0 saturated heterocycles. The molecule has 3 nitrogen and oxygen atoms in total. The smallest absolute Gasteiger partial charge is 0.178 e. The van der Waals surface area contributed by atoms with E-state index in [2.05, 4.69) is 71.6 Å². The lowest BCUT2D eigenvalue weighted by Gasteiger charge is -2.29. The highest BCUT2D eigenvalue weighted by Crippen LogP contribution is 2.51. The van der Waals surface area contributed by atoms with Gasteiger partial charge in [-0.1, -0.05) is 109 Å². The number of hydrogen-bond donors (Lipinski definition) is 1. The molecule has 1 aliphatic heterocycles. The predicted octanol–water partition coefficient (Wildman–Crippen LogP) is 6.81. The summed E-state index contributed by atoms with van der Waals surface area (Å²) in [7, 11) is 0. The number of anilines is 1. The van der Waals surface area contributed by atoms with Crippen molar-refractivity contribution in [1.29, 1.82) is 0 Å². The standard InChI is InChI=1S/C28H23NO2/c30-31-28(23-16-8-3-9-17-23)26-24-18-10-11-19-25(24)29(20-21-12-4-1-5-13-21)27(26)22-14-6-2-7-15-22/h1-19,27,30H,20H2/b28-26-/t27-/m1/s1. The molecule has 0 unspecified atom stereocenters. The molecule has 1 atom stereocenters. The minimum absolute atomic E-state index is 0.0961. The van der Waals surface area contributed by atoms with Crippen LogP contribution in [-0.2, 0) is 11.4 Å². The minimum Gasteiger partial charge on any atom is -0.355 e. The van der Waals surface area contributed by atoms with Crippen LogP contribution in [0.3, 0.4) is 0 Å². The summed E-state index contributed by atoms with van der Waals surface area (Å²) in [4.78, 5) is 7.47. The van der Waals surface area contributed by atoms with Crippen LogP contribution in [0.1, 0.15) is 28.3 Å². The van der Waals surface area contributed by atoms with Crippen LogP contribution in [0.15, 0.2) is 115 Å². The molecule has 1 N–H and O–H groups in total. The number of benzene rings is 4. The van der Waals surface area contributed by atoms with E-state index in [9.17, 15) is 5.26 Å². The van der Waals surface area contributed by atoms with Crippen LogP contribution in [0.4, 0.5) is 5.69 Å². The lowest BCUT2D eigenvalue weighted by molar-refractivity contribution is -0.169. The number of para-hydroxylation sites is 1. The second-order valence-corrected chi connectivity index (χ2v) is 7.64. The second-order valence-electron chi connectivity index (χ2n) is 7.64. The van der Waals surface area contributed by atoms with Crippen molar-refractivity contribution in [3.8, 4) is 0 Å². The third-order valence-corrected chi connectivity index (χ3v) is 5.77. The van der Waals surface area contributed by atoms with E-state index in [0.29, 0.717) is 5.76 Å². The van der Waals surface area contributed by atoms with Gasteiger partial charge in [0, 0.05) is 28.9 Å². The van der Waals surface area contributed by atoms with Gasteiger partial charge in [0.1, 0.15) is 0 Å². The number of hydrogen-bond acceptors (Lipinski definition) is 3. The van der Waals surface area contributed by atoms with Gasteiger partial charge in [0.25, 0.3) is 0 Å². The topological polar surface area (TPSA) is 32.7 Å². The fourth-order valence-corrected chi connectivity index (χ4v) is 4.43. The molecular formula is C28H23NO2. The Labute approximate surface area is 182 Å². The van der Waals surface area contributed by atoms with Crippen molar-refractivity contribution in [3.63, 3.8) is 0 Å². The van der Waals surface area contributed by atoms with Gasteiger partial charge in [0.15, 0.2) is 5.76 Å². The van der Waals surface area contributed by atoms with Crippen LogP contribution in [0.25, 0.3) is 11.3 Å². The molecule has 0 aromatic heterocycles. The summed E-state index contributed by atoms with van der Waals surface area (Å²) in [6.07, 6.45) is 0. The molecule has 152 valence electrons. The zero-order chi connectivity index (χ0) is 21.0. The van der Waals surface area contributed by atoms with Crippen molar-refractivity contribution < 1.29 is 10.1 Å². The van der Waals surface area contributed by atoms with E-state index >= 15 is 0 Å². The Hall–Kier alpha value is -3.82. The molecule has 4 aromatic carbocycles. The van der Waals surface area contributed by atoms with Crippen molar-refractivity contribution in [2.45, 2.75) is 12.6 Å². The normalized spacial score (nSPS) is 16.7. The van der Waals surface area contributed by atoms with Gasteiger partial charge < -0.3 is 9.79 Å². The lowest BCUT2D eigenvalue weighted by atomic mass is 9.93. The molecule has 3 heteroatoms. The molecule has 5 rings (SSSR count). The Balaban J connectivity index is 1.75. The van der Waals surface area contributed by atoms with Crippen LogP contribution in [-0.4, -0.2) is 5.26 Å². The summed E-state index contributed by atoms with van der Waals surface area (Å²) in [5.41, 5.74) is 6.38. The van der Waals surface area contributed by atoms with E-state index < -0.39 is 0 Å². The van der Waals surface area contributed by atoms with Gasteiger partial charge in [-0.2, -0.15) is 0 Å². The van der Waals surface area contributed by atoms with E-state index in [4.69, 9.17) is 4.89 Å². The first-order valence-electron chi connectivity index (χ1n) is 10.4. The van der Waals surface area contributed by atoms with Crippen LogP contribution in [0, 0.1) is 0 Å². The average molecular weight is 405 g/mol. The Morgan fingerprint density at radius 3 is 1.97 bits per heavy atom. The zero-order valence-electron chi connectivity index (χ0n) is 17.1. The van der Waals surface area contributed by atoms with E-state index in [1.807, 2.05) is 48.5 Å². The fourth-order valence-electron chi connectivity index (χ4n) is 4.43. The van der Waals surface area contributed by atoms with Crippen molar-refractivity contribution >= 4 is 17.0 Å². The summed E-state index contributed by atoms with van der Waals surface area (Å²) in [6.45, 7) is 0.744. The molecule has 0 radical (unpaired) electrons. The quantitative estimate of drug-likeness (QED) is 0.225. The van der Waals surface area contributed by atoms with E-state index in [-0.39, 0.29) is 6.04 Å². The molecule has 1 heterocycles. The molecular weight excluding hydrogens is 382 g/mol. The van der Waals surface area contributed by atoms with Crippen LogP contribution in [0.2, 0.25) is 0 Å². The number of rotatable bonds is 5. The van der Waals surface area contributed by atoms with Crippen molar-refractivity contribution in [3.05, 3.63) is 138 Å². The molecule has 0 amide bonds. The fraction of sp³-hybridized carbons (Fsp3) is 0.0714. The molecule has 0 spiro atoms. The third-order valence-electron chi connectivity index (χ3n) is 5.77. The summed E-state index contributed by atoms with van der Waals surface area (Å²) in [5, 5.41) is 10.0. The summed E-state index contributed by atoms with van der Waals surface area (Å²) in [5.74, 6) is 0.484. The van der Waals surface area contributed by atoms with E-state index in [1.165, 1.54) is 5.56 Å². The van der Waals surface area contributed by atoms with Gasteiger partial charge in [-0.25, -0.2) is 5.26 Å². The maximum absolute atomic E-state index is 10.0. The maximum atomic E-state index is 10.0. The first kappa shape index (κ1) is 19.2. The van der Waals surface area contributed by atoms with Crippen molar-refractivity contribution in [2.24, 2.45) is 0 Å². The van der Waals surface area contributed by atoms with Crippen LogP contribution < -0.4 is 4.90 Å². The highest BCUT2D eigenvalue weighted by Gasteiger charge is 2.38. The van der Waals surface area contributed by atoms with E-state index in [1.54, 1.807) is 0 Å². The monoisotopic (exact) mass is 405 g/mol. The molecule has 31 heavy (non-hydrogen) atoms. The molecule has 4 aromatic rings. The summed E-state index contributed by atoms with van der Waals surface area (Å²) in [6, 6.07) is 38.9. The van der Waals surface area contributed by atoms with Gasteiger partial charge in [0.05, 0.1) is 6.04 Å². The first-order valence-corrected chi connectivity index (χ1v) is 10.4. The molecule has 0 saturated carbocycles. The third kappa shape index (κ3) is 3.60. The molecule has 0 aliphatic carbocycles. The zero-order valence-corrected chi connectivity index (χ0v) is 17.1. The number of fused-ring (bicyclic) bond motifs is 1. The highest BCUT2D eigenvalue weighted by atomic mass is 17.1. The highest BCUT2D eigenvalue weighted by molar-refractivity contribution is 5.99. The Bertz CT molecular complexity index is 1190. The van der Waals surface area contributed by atoms with E-state index in [0.717, 1.165) is 34.5 Å². The minimum atomic E-state index is -0.0961. The SMILES string of the molecule is OO/C(=C1/c2ccccc2N(Cc2ccccc2)[C@@H]1c1ccccc1)c1ccccc1. The Morgan fingerprint density at radius 1 is 0.710 bits per heavy atom. The Morgan fingerprint density at radius 2 is 1.29 bits per heavy atom. The van der Waals surface area contributed by atoms with Crippen LogP contribution >= 0.6 is 0 Å².